The second-order valence-corrected chi connectivity index (χ2v) is 7.00. The summed E-state index contributed by atoms with van der Waals surface area (Å²) < 4.78 is 0. The fourth-order valence-corrected chi connectivity index (χ4v) is 3.31. The van der Waals surface area contributed by atoms with Crippen molar-refractivity contribution in [3.05, 3.63) is 57.8 Å². The number of carbonyl (C=O) groups excluding carboxylic acids is 1. The predicted octanol–water partition coefficient (Wildman–Crippen LogP) is 3.27. The average Bonchev–Trinajstić information content (AvgIpc) is 3.14. The number of nitrogens with one attached hydrogen (secondary N) is 3. The maximum absolute atomic E-state index is 11.5. The van der Waals surface area contributed by atoms with Crippen molar-refractivity contribution < 1.29 is 4.79 Å². The molecule has 1 aromatic carbocycles. The maximum atomic E-state index is 11.5. The third-order valence-corrected chi connectivity index (χ3v) is 4.77. The summed E-state index contributed by atoms with van der Waals surface area (Å²) in [5.41, 5.74) is 1.76. The normalized spacial score (nSPS) is 12.0. The predicted molar refractivity (Wildman–Crippen MR) is 121 cm³/mol. The van der Waals surface area contributed by atoms with E-state index in [1.54, 1.807) is 25.4 Å². The molecule has 0 aliphatic carbocycles. The molecule has 1 unspecified atom stereocenters. The van der Waals surface area contributed by atoms with E-state index in [0.717, 1.165) is 24.5 Å². The van der Waals surface area contributed by atoms with Gasteiger partial charge in [-0.3, -0.25) is 9.79 Å². The minimum absolute atomic E-state index is 0. The van der Waals surface area contributed by atoms with Crippen molar-refractivity contribution in [1.29, 1.82) is 0 Å². The lowest BCUT2D eigenvalue weighted by atomic mass is 10.1. The van der Waals surface area contributed by atoms with Crippen LogP contribution in [0, 0.1) is 5.92 Å². The lowest BCUT2D eigenvalue weighted by Gasteiger charge is -2.15. The molecule has 1 amide bonds. The molecule has 1 heterocycles. The molecule has 142 valence electrons. The molecule has 0 radical (unpaired) electrons. The third kappa shape index (κ3) is 7.33. The van der Waals surface area contributed by atoms with Gasteiger partial charge in [-0.1, -0.05) is 25.1 Å². The Morgan fingerprint density at radius 2 is 1.92 bits per heavy atom. The molecule has 0 fully saturated rings. The number of rotatable bonds is 7. The van der Waals surface area contributed by atoms with Gasteiger partial charge >= 0.3 is 0 Å². The topological polar surface area (TPSA) is 65.5 Å². The largest absolute Gasteiger partial charge is 0.356 e. The number of hydrogen-bond donors (Lipinski definition) is 3. The molecular formula is C19H27IN4OS. The van der Waals surface area contributed by atoms with E-state index < -0.39 is 0 Å². The Labute approximate surface area is 176 Å². The van der Waals surface area contributed by atoms with Crippen LogP contribution in [-0.2, 0) is 13.0 Å². The molecule has 0 bridgehead atoms. The molecule has 0 aliphatic heterocycles. The maximum Gasteiger partial charge on any atom is 0.251 e. The number of benzene rings is 1. The fraction of sp³-hybridized carbons (Fsp3) is 0.368. The molecule has 0 spiro atoms. The average molecular weight is 486 g/mol. The first-order valence-corrected chi connectivity index (χ1v) is 9.28. The Bertz CT molecular complexity index is 686. The zero-order chi connectivity index (χ0) is 18.1. The number of thiophene rings is 1. The highest BCUT2D eigenvalue weighted by Gasteiger charge is 2.07. The lowest BCUT2D eigenvalue weighted by Crippen LogP contribution is -2.39. The van der Waals surface area contributed by atoms with E-state index in [1.165, 1.54) is 4.88 Å². The second-order valence-electron chi connectivity index (χ2n) is 5.97. The molecule has 7 heteroatoms. The van der Waals surface area contributed by atoms with Crippen molar-refractivity contribution in [2.24, 2.45) is 10.9 Å². The molecule has 1 aromatic heterocycles. The van der Waals surface area contributed by atoms with Gasteiger partial charge < -0.3 is 16.0 Å². The molecule has 1 atom stereocenters. The summed E-state index contributed by atoms with van der Waals surface area (Å²) in [6.07, 6.45) is 1.07. The number of guanidine groups is 1. The zero-order valence-corrected chi connectivity index (χ0v) is 18.6. The fourth-order valence-electron chi connectivity index (χ4n) is 2.44. The smallest absolute Gasteiger partial charge is 0.251 e. The van der Waals surface area contributed by atoms with Crippen LogP contribution in [0.4, 0.5) is 0 Å². The molecule has 2 aromatic rings. The van der Waals surface area contributed by atoms with E-state index in [1.807, 2.05) is 24.3 Å². The van der Waals surface area contributed by atoms with Crippen LogP contribution in [0.15, 0.2) is 46.8 Å². The van der Waals surface area contributed by atoms with Gasteiger partial charge in [0, 0.05) is 37.6 Å². The summed E-state index contributed by atoms with van der Waals surface area (Å²) in [4.78, 5) is 17.2. The van der Waals surface area contributed by atoms with E-state index in [2.05, 4.69) is 45.4 Å². The number of carbonyl (C=O) groups is 1. The molecule has 2 rings (SSSR count). The van der Waals surface area contributed by atoms with Crippen molar-refractivity contribution in [3.63, 3.8) is 0 Å². The molecule has 26 heavy (non-hydrogen) atoms. The van der Waals surface area contributed by atoms with E-state index >= 15 is 0 Å². The van der Waals surface area contributed by atoms with Crippen molar-refractivity contribution in [1.82, 2.24) is 16.0 Å². The standard InChI is InChI=1S/C19H26N4OS.HI/c1-14(11-17-5-4-10-25-17)12-22-19(21-3)23-13-15-6-8-16(9-7-15)18(24)20-2;/h4-10,14H,11-13H2,1-3H3,(H,20,24)(H2,21,22,23);1H. The first-order valence-electron chi connectivity index (χ1n) is 8.40. The van der Waals surface area contributed by atoms with Gasteiger partial charge in [0.1, 0.15) is 0 Å². The van der Waals surface area contributed by atoms with Gasteiger partial charge in [0.25, 0.3) is 5.91 Å². The lowest BCUT2D eigenvalue weighted by molar-refractivity contribution is 0.0963. The second kappa shape index (κ2) is 11.9. The van der Waals surface area contributed by atoms with Gasteiger partial charge in [-0.25, -0.2) is 0 Å². The van der Waals surface area contributed by atoms with E-state index in [4.69, 9.17) is 0 Å². The first kappa shape index (κ1) is 22.4. The summed E-state index contributed by atoms with van der Waals surface area (Å²) in [7, 11) is 3.40. The first-order chi connectivity index (χ1) is 12.1. The van der Waals surface area contributed by atoms with E-state index in [9.17, 15) is 4.79 Å². The van der Waals surface area contributed by atoms with Gasteiger partial charge in [-0.05, 0) is 41.5 Å². The van der Waals surface area contributed by atoms with Crippen LogP contribution in [0.2, 0.25) is 0 Å². The Morgan fingerprint density at radius 1 is 1.19 bits per heavy atom. The highest BCUT2D eigenvalue weighted by atomic mass is 127. The summed E-state index contributed by atoms with van der Waals surface area (Å²) in [5.74, 6) is 1.24. The zero-order valence-electron chi connectivity index (χ0n) is 15.4. The Balaban J connectivity index is 0.00000338. The highest BCUT2D eigenvalue weighted by Crippen LogP contribution is 2.13. The van der Waals surface area contributed by atoms with Crippen LogP contribution >= 0.6 is 35.3 Å². The molecule has 0 aliphatic rings. The van der Waals surface area contributed by atoms with Gasteiger partial charge in [0.15, 0.2) is 5.96 Å². The number of hydrogen-bond acceptors (Lipinski definition) is 3. The number of halogens is 1. The SMILES string of the molecule is CN=C(NCc1ccc(C(=O)NC)cc1)NCC(C)Cc1cccs1.I. The summed E-state index contributed by atoms with van der Waals surface area (Å²) in [6.45, 7) is 3.76. The third-order valence-electron chi connectivity index (χ3n) is 3.87. The number of amides is 1. The van der Waals surface area contributed by atoms with E-state index in [0.29, 0.717) is 18.0 Å². The van der Waals surface area contributed by atoms with Crippen LogP contribution in [0.1, 0.15) is 27.7 Å². The monoisotopic (exact) mass is 486 g/mol. The van der Waals surface area contributed by atoms with Gasteiger partial charge in [-0.2, -0.15) is 0 Å². The highest BCUT2D eigenvalue weighted by molar-refractivity contribution is 14.0. The minimum atomic E-state index is -0.0725. The Kier molecular flexibility index (Phi) is 10.3. The van der Waals surface area contributed by atoms with Crippen molar-refractivity contribution in [2.45, 2.75) is 19.9 Å². The molecular weight excluding hydrogens is 459 g/mol. The van der Waals surface area contributed by atoms with Crippen molar-refractivity contribution >= 4 is 47.2 Å². The van der Waals surface area contributed by atoms with Crippen LogP contribution in [-0.4, -0.2) is 32.5 Å². The van der Waals surface area contributed by atoms with Gasteiger partial charge in [0.05, 0.1) is 0 Å². The summed E-state index contributed by atoms with van der Waals surface area (Å²) >= 11 is 1.80. The van der Waals surface area contributed by atoms with Crippen LogP contribution < -0.4 is 16.0 Å². The minimum Gasteiger partial charge on any atom is -0.356 e. The van der Waals surface area contributed by atoms with E-state index in [-0.39, 0.29) is 29.9 Å². The van der Waals surface area contributed by atoms with Gasteiger partial charge in [-0.15, -0.1) is 35.3 Å². The molecule has 0 saturated carbocycles. The van der Waals surface area contributed by atoms with Crippen molar-refractivity contribution in [3.8, 4) is 0 Å². The summed E-state index contributed by atoms with van der Waals surface area (Å²) in [5, 5.41) is 11.4. The van der Waals surface area contributed by atoms with Crippen LogP contribution in [0.5, 0.6) is 0 Å². The van der Waals surface area contributed by atoms with Gasteiger partial charge in [0.2, 0.25) is 0 Å². The molecule has 3 N–H and O–H groups in total. The Hall–Kier alpha value is -1.61. The number of nitrogens with zero attached hydrogens (tertiary/aromatic N) is 1. The van der Waals surface area contributed by atoms with Crippen LogP contribution in [0.25, 0.3) is 0 Å². The molecule has 0 saturated heterocycles. The van der Waals surface area contributed by atoms with Crippen molar-refractivity contribution in [2.75, 3.05) is 20.6 Å². The summed E-state index contributed by atoms with van der Waals surface area (Å²) in [6, 6.07) is 11.8. The Morgan fingerprint density at radius 3 is 2.50 bits per heavy atom. The quantitative estimate of drug-likeness (QED) is 0.320. The number of aliphatic imine (C=N–C) groups is 1. The molecule has 5 nitrogen and oxygen atoms in total. The van der Waals surface area contributed by atoms with Crippen LogP contribution in [0.3, 0.4) is 0 Å².